The number of thioether (sulfide) groups is 1. The zero-order valence-electron chi connectivity index (χ0n) is 26.9. The Morgan fingerprint density at radius 2 is 1.63 bits per heavy atom. The molecule has 1 aliphatic carbocycles. The van der Waals surface area contributed by atoms with Crippen molar-refractivity contribution in [3.8, 4) is 0 Å². The zero-order chi connectivity index (χ0) is 34.9. The highest BCUT2D eigenvalue weighted by molar-refractivity contribution is 8.00. The van der Waals surface area contributed by atoms with Crippen molar-refractivity contribution in [1.82, 2.24) is 5.32 Å². The Hall–Kier alpha value is -4.09. The van der Waals surface area contributed by atoms with Crippen molar-refractivity contribution < 1.29 is 23.9 Å². The number of ether oxygens (including phenoxy) is 1. The quantitative estimate of drug-likeness (QED) is 0.0613. The number of carbonyl (C=O) groups is 4. The lowest BCUT2D eigenvalue weighted by molar-refractivity contribution is -0.116. The molecule has 254 valence electrons. The second-order valence-electron chi connectivity index (χ2n) is 11.3. The molecule has 3 amide bonds. The van der Waals surface area contributed by atoms with Gasteiger partial charge in [0, 0.05) is 36.6 Å². The van der Waals surface area contributed by atoms with Crippen LogP contribution >= 0.6 is 46.3 Å². The lowest BCUT2D eigenvalue weighted by Crippen LogP contribution is -2.30. The molecule has 0 spiro atoms. The van der Waals surface area contributed by atoms with E-state index >= 15 is 0 Å². The van der Waals surface area contributed by atoms with E-state index in [0.29, 0.717) is 43.8 Å². The second kappa shape index (κ2) is 17.0. The number of hydrogen-bond acceptors (Lipinski definition) is 7. The predicted octanol–water partition coefficient (Wildman–Crippen LogP) is 9.03. The van der Waals surface area contributed by atoms with Gasteiger partial charge in [-0.25, -0.2) is 4.79 Å². The van der Waals surface area contributed by atoms with E-state index in [1.807, 2.05) is 13.0 Å². The van der Waals surface area contributed by atoms with Crippen molar-refractivity contribution in [3.05, 3.63) is 116 Å². The number of methoxy groups -OCH3 is 1. The average molecular weight is 737 g/mol. The van der Waals surface area contributed by atoms with Crippen molar-refractivity contribution in [1.29, 1.82) is 0 Å². The van der Waals surface area contributed by atoms with Gasteiger partial charge in [0.15, 0.2) is 0 Å². The molecular weight excluding hydrogens is 701 g/mol. The molecule has 4 aromatic rings. The van der Waals surface area contributed by atoms with Gasteiger partial charge in [0.05, 0.1) is 17.9 Å². The van der Waals surface area contributed by atoms with Crippen LogP contribution in [0.3, 0.4) is 0 Å². The SMILES string of the molecule is CCC(Sc1cccc(NC(=O)/C(=C\c2c(Cl)cccc2Cl)NC(=O)c2ccccc2)c1)C(=O)Nc1sc2c(c1C(=O)OC)CCCCC2. The van der Waals surface area contributed by atoms with Gasteiger partial charge in [-0.05, 0) is 86.2 Å². The van der Waals surface area contributed by atoms with Gasteiger partial charge in [-0.1, -0.05) is 66.9 Å². The van der Waals surface area contributed by atoms with Gasteiger partial charge in [0.2, 0.25) is 5.91 Å². The van der Waals surface area contributed by atoms with E-state index in [2.05, 4.69) is 16.0 Å². The topological polar surface area (TPSA) is 114 Å². The van der Waals surface area contributed by atoms with Crippen LogP contribution in [0.4, 0.5) is 10.7 Å². The predicted molar refractivity (Wildman–Crippen MR) is 199 cm³/mol. The van der Waals surface area contributed by atoms with Gasteiger partial charge in [0.1, 0.15) is 10.7 Å². The number of fused-ring (bicyclic) bond motifs is 1. The van der Waals surface area contributed by atoms with Crippen LogP contribution in [0.2, 0.25) is 10.0 Å². The minimum Gasteiger partial charge on any atom is -0.465 e. The molecule has 3 aromatic carbocycles. The van der Waals surface area contributed by atoms with E-state index in [4.69, 9.17) is 27.9 Å². The van der Waals surface area contributed by atoms with Crippen molar-refractivity contribution in [2.24, 2.45) is 0 Å². The number of esters is 1. The fraction of sp³-hybridized carbons (Fsp3) is 0.243. The summed E-state index contributed by atoms with van der Waals surface area (Å²) in [6.45, 7) is 1.92. The molecule has 8 nitrogen and oxygen atoms in total. The molecule has 5 rings (SSSR count). The molecular formula is C37H35Cl2N3O5S2. The Labute approximate surface area is 303 Å². The molecule has 0 aliphatic heterocycles. The molecule has 3 N–H and O–H groups in total. The minimum atomic E-state index is -0.597. The van der Waals surface area contributed by atoms with E-state index in [1.54, 1.807) is 66.7 Å². The maximum Gasteiger partial charge on any atom is 0.341 e. The fourth-order valence-electron chi connectivity index (χ4n) is 5.41. The van der Waals surface area contributed by atoms with E-state index in [9.17, 15) is 19.2 Å². The highest BCUT2D eigenvalue weighted by atomic mass is 35.5. The lowest BCUT2D eigenvalue weighted by Gasteiger charge is -2.16. The summed E-state index contributed by atoms with van der Waals surface area (Å²) in [7, 11) is 1.35. The van der Waals surface area contributed by atoms with Crippen LogP contribution in [-0.4, -0.2) is 36.1 Å². The molecule has 49 heavy (non-hydrogen) atoms. The molecule has 0 fully saturated rings. The zero-order valence-corrected chi connectivity index (χ0v) is 30.1. The monoisotopic (exact) mass is 735 g/mol. The number of halogens is 2. The number of amides is 3. The highest BCUT2D eigenvalue weighted by Crippen LogP contribution is 2.39. The molecule has 1 aliphatic rings. The molecule has 1 unspecified atom stereocenters. The summed E-state index contributed by atoms with van der Waals surface area (Å²) < 4.78 is 5.09. The van der Waals surface area contributed by atoms with E-state index < -0.39 is 23.0 Å². The van der Waals surface area contributed by atoms with Gasteiger partial charge in [-0.2, -0.15) is 0 Å². The third-order valence-electron chi connectivity index (χ3n) is 7.90. The maximum atomic E-state index is 13.6. The minimum absolute atomic E-state index is 0.0662. The smallest absolute Gasteiger partial charge is 0.341 e. The Morgan fingerprint density at radius 3 is 2.35 bits per heavy atom. The van der Waals surface area contributed by atoms with E-state index in [0.717, 1.165) is 47.4 Å². The molecule has 1 atom stereocenters. The normalized spacial score (nSPS) is 13.4. The fourth-order valence-corrected chi connectivity index (χ4v) is 8.21. The van der Waals surface area contributed by atoms with E-state index in [1.165, 1.54) is 36.3 Å². The number of anilines is 2. The molecule has 12 heteroatoms. The number of benzene rings is 3. The van der Waals surface area contributed by atoms with Gasteiger partial charge >= 0.3 is 5.97 Å². The van der Waals surface area contributed by atoms with E-state index in [-0.39, 0.29) is 11.6 Å². The van der Waals surface area contributed by atoms with Crippen LogP contribution < -0.4 is 16.0 Å². The largest absolute Gasteiger partial charge is 0.465 e. The van der Waals surface area contributed by atoms with Crippen molar-refractivity contribution in [2.75, 3.05) is 17.7 Å². The van der Waals surface area contributed by atoms with Crippen LogP contribution in [0.5, 0.6) is 0 Å². The number of carbonyl (C=O) groups excluding carboxylic acids is 4. The summed E-state index contributed by atoms with van der Waals surface area (Å²) in [4.78, 5) is 54.9. The average Bonchev–Trinajstić information content (AvgIpc) is 3.27. The first-order chi connectivity index (χ1) is 23.7. The number of nitrogens with one attached hydrogen (secondary N) is 3. The molecule has 1 aromatic heterocycles. The number of thiophene rings is 1. The first-order valence-electron chi connectivity index (χ1n) is 15.8. The second-order valence-corrected chi connectivity index (χ2v) is 14.5. The highest BCUT2D eigenvalue weighted by Gasteiger charge is 2.28. The summed E-state index contributed by atoms with van der Waals surface area (Å²) in [6, 6.07) is 20.6. The number of hydrogen-bond donors (Lipinski definition) is 3. The number of rotatable bonds is 11. The van der Waals surface area contributed by atoms with Gasteiger partial charge in [0.25, 0.3) is 11.8 Å². The maximum absolute atomic E-state index is 13.6. The molecule has 0 radical (unpaired) electrons. The standard InChI is InChI=1S/C37H35Cl2N3O5S2/c1-3-30(35(45)42-36-32(37(46)47-2)25-16-8-5-9-19-31(25)49-36)48-24-15-10-14-23(20-24)40-34(44)29(21-26-27(38)17-11-18-28(26)39)41-33(43)22-12-6-4-7-13-22/h4,6-7,10-15,17-18,20-21,30H,3,5,8-9,16,19H2,1-2H3,(H,40,44)(H,41,43)(H,42,45)/b29-21+. The van der Waals surface area contributed by atoms with Crippen LogP contribution in [0.25, 0.3) is 6.08 Å². The van der Waals surface area contributed by atoms with Gasteiger partial charge in [-0.15, -0.1) is 23.1 Å². The number of aryl methyl sites for hydroxylation is 1. The van der Waals surface area contributed by atoms with Crippen molar-refractivity contribution >= 4 is 86.8 Å². The summed E-state index contributed by atoms with van der Waals surface area (Å²) >= 11 is 15.6. The molecule has 0 bridgehead atoms. The van der Waals surface area contributed by atoms with Crippen LogP contribution in [0.1, 0.15) is 69.3 Å². The molecule has 1 heterocycles. The van der Waals surface area contributed by atoms with Crippen LogP contribution in [-0.2, 0) is 27.2 Å². The van der Waals surface area contributed by atoms with Crippen molar-refractivity contribution in [2.45, 2.75) is 55.6 Å². The van der Waals surface area contributed by atoms with Crippen LogP contribution in [0, 0.1) is 0 Å². The molecule has 0 saturated carbocycles. The van der Waals surface area contributed by atoms with Crippen LogP contribution in [0.15, 0.2) is 83.4 Å². The van der Waals surface area contributed by atoms with Crippen molar-refractivity contribution in [3.63, 3.8) is 0 Å². The molecule has 0 saturated heterocycles. The van der Waals surface area contributed by atoms with Gasteiger partial charge in [-0.3, -0.25) is 14.4 Å². The Balaban J connectivity index is 1.34. The summed E-state index contributed by atoms with van der Waals surface area (Å²) in [5.74, 6) is -1.75. The first-order valence-corrected chi connectivity index (χ1v) is 18.3. The third-order valence-corrected chi connectivity index (χ3v) is 11.1. The first kappa shape index (κ1) is 36.2. The summed E-state index contributed by atoms with van der Waals surface area (Å²) in [6.07, 6.45) is 6.76. The Bertz CT molecular complexity index is 1870. The summed E-state index contributed by atoms with van der Waals surface area (Å²) in [5, 5.41) is 9.22. The third kappa shape index (κ3) is 9.13. The lowest BCUT2D eigenvalue weighted by atomic mass is 10.1. The Morgan fingerprint density at radius 1 is 0.918 bits per heavy atom. The Kier molecular flexibility index (Phi) is 12.6. The van der Waals surface area contributed by atoms with Gasteiger partial charge < -0.3 is 20.7 Å². The summed E-state index contributed by atoms with van der Waals surface area (Å²) in [5.41, 5.74) is 2.57.